The van der Waals surface area contributed by atoms with E-state index < -0.39 is 10.8 Å². The van der Waals surface area contributed by atoms with Crippen LogP contribution in [0.25, 0.3) is 0 Å². The molecule has 2 aromatic rings. The number of hydrogen-bond donors (Lipinski definition) is 1. The van der Waals surface area contributed by atoms with Crippen LogP contribution in [0.5, 0.6) is 11.5 Å². The lowest BCUT2D eigenvalue weighted by Gasteiger charge is -2.10. The van der Waals surface area contributed by atoms with E-state index in [2.05, 4.69) is 5.48 Å². The van der Waals surface area contributed by atoms with Crippen LogP contribution in [-0.4, -0.2) is 25.1 Å². The number of non-ortho nitro benzene ring substituents is 1. The van der Waals surface area contributed by atoms with Crippen molar-refractivity contribution in [3.8, 4) is 11.5 Å². The Kier molecular flexibility index (Phi) is 5.69. The molecule has 0 spiro atoms. The molecule has 0 heterocycles. The van der Waals surface area contributed by atoms with E-state index in [0.29, 0.717) is 11.5 Å². The predicted molar refractivity (Wildman–Crippen MR) is 84.9 cm³/mol. The summed E-state index contributed by atoms with van der Waals surface area (Å²) in [6, 6.07) is 10.5. The molecule has 0 aliphatic rings. The average molecular weight is 332 g/mol. The molecule has 24 heavy (non-hydrogen) atoms. The lowest BCUT2D eigenvalue weighted by Crippen LogP contribution is -2.23. The van der Waals surface area contributed by atoms with Crippen molar-refractivity contribution in [1.82, 2.24) is 5.48 Å². The first-order valence-corrected chi connectivity index (χ1v) is 6.92. The largest absolute Gasteiger partial charge is 0.493 e. The van der Waals surface area contributed by atoms with Crippen molar-refractivity contribution < 1.29 is 24.0 Å². The summed E-state index contributed by atoms with van der Waals surface area (Å²) in [6.45, 7) is 0.124. The van der Waals surface area contributed by atoms with Gasteiger partial charge >= 0.3 is 0 Å². The summed E-state index contributed by atoms with van der Waals surface area (Å²) in [5.41, 5.74) is 3.23. The van der Waals surface area contributed by atoms with Gasteiger partial charge in [0, 0.05) is 17.7 Å². The van der Waals surface area contributed by atoms with Gasteiger partial charge in [0.2, 0.25) is 0 Å². The van der Waals surface area contributed by atoms with Crippen LogP contribution in [-0.2, 0) is 11.4 Å². The highest BCUT2D eigenvalue weighted by Crippen LogP contribution is 2.27. The maximum atomic E-state index is 11.9. The molecule has 0 fully saturated rings. The van der Waals surface area contributed by atoms with Gasteiger partial charge in [-0.1, -0.05) is 6.07 Å². The molecule has 0 saturated carbocycles. The molecule has 0 radical (unpaired) electrons. The summed E-state index contributed by atoms with van der Waals surface area (Å²) in [5.74, 6) is 0.654. The van der Waals surface area contributed by atoms with Gasteiger partial charge in [-0.3, -0.25) is 19.7 Å². The molecule has 0 aliphatic carbocycles. The Hall–Kier alpha value is -3.13. The van der Waals surface area contributed by atoms with Gasteiger partial charge in [-0.15, -0.1) is 0 Å². The van der Waals surface area contributed by atoms with Gasteiger partial charge in [0.1, 0.15) is 0 Å². The first kappa shape index (κ1) is 17.2. The number of nitrogens with zero attached hydrogens (tertiary/aromatic N) is 1. The molecule has 0 aromatic heterocycles. The molecular weight excluding hydrogens is 316 g/mol. The highest BCUT2D eigenvalue weighted by atomic mass is 16.7. The number of ether oxygens (including phenoxy) is 2. The van der Waals surface area contributed by atoms with Crippen LogP contribution in [0.15, 0.2) is 42.5 Å². The summed E-state index contributed by atoms with van der Waals surface area (Å²) in [4.78, 5) is 27.1. The molecule has 1 N–H and O–H groups in total. The monoisotopic (exact) mass is 332 g/mol. The lowest BCUT2D eigenvalue weighted by molar-refractivity contribution is -0.384. The molecule has 0 aliphatic heterocycles. The smallest absolute Gasteiger partial charge is 0.274 e. The molecule has 0 atom stereocenters. The molecule has 0 bridgehead atoms. The maximum absolute atomic E-state index is 11.9. The molecule has 1 amide bonds. The summed E-state index contributed by atoms with van der Waals surface area (Å²) in [6.07, 6.45) is 0. The standard InChI is InChI=1S/C16H16N2O6/c1-22-14-8-3-11(9-15(14)23-2)10-24-17-16(19)12-4-6-13(7-5-12)18(20)21/h3-9H,10H2,1-2H3,(H,17,19). The molecule has 2 aromatic carbocycles. The van der Waals surface area contributed by atoms with Crippen LogP contribution >= 0.6 is 0 Å². The fraction of sp³-hybridized carbons (Fsp3) is 0.188. The van der Waals surface area contributed by atoms with Crippen LogP contribution in [0.3, 0.4) is 0 Å². The Balaban J connectivity index is 1.91. The van der Waals surface area contributed by atoms with E-state index in [1.165, 1.54) is 31.4 Å². The highest BCUT2D eigenvalue weighted by Gasteiger charge is 2.10. The van der Waals surface area contributed by atoms with Crippen molar-refractivity contribution in [1.29, 1.82) is 0 Å². The van der Waals surface area contributed by atoms with E-state index >= 15 is 0 Å². The van der Waals surface area contributed by atoms with Crippen LogP contribution in [0, 0.1) is 10.1 Å². The first-order valence-electron chi connectivity index (χ1n) is 6.92. The van der Waals surface area contributed by atoms with Crippen molar-refractivity contribution in [2.45, 2.75) is 6.61 Å². The van der Waals surface area contributed by atoms with Crippen molar-refractivity contribution >= 4 is 11.6 Å². The minimum Gasteiger partial charge on any atom is -0.493 e. The van der Waals surface area contributed by atoms with Crippen LogP contribution < -0.4 is 15.0 Å². The SMILES string of the molecule is COc1ccc(CONC(=O)c2ccc([N+](=O)[O-])cc2)cc1OC. The molecule has 0 saturated heterocycles. The van der Waals surface area contributed by atoms with E-state index in [-0.39, 0.29) is 17.9 Å². The predicted octanol–water partition coefficient (Wildman–Crippen LogP) is 2.47. The van der Waals surface area contributed by atoms with Crippen molar-refractivity contribution in [3.63, 3.8) is 0 Å². The number of benzene rings is 2. The molecule has 0 unspecified atom stereocenters. The second kappa shape index (κ2) is 7.93. The summed E-state index contributed by atoms with van der Waals surface area (Å²) in [7, 11) is 3.07. The van der Waals surface area contributed by atoms with Gasteiger partial charge < -0.3 is 9.47 Å². The Bertz CT molecular complexity index is 730. The zero-order valence-corrected chi connectivity index (χ0v) is 13.1. The summed E-state index contributed by atoms with van der Waals surface area (Å²) >= 11 is 0. The number of methoxy groups -OCH3 is 2. The minimum absolute atomic E-state index is 0.0854. The van der Waals surface area contributed by atoms with Crippen LogP contribution in [0.1, 0.15) is 15.9 Å². The lowest BCUT2D eigenvalue weighted by atomic mass is 10.2. The fourth-order valence-corrected chi connectivity index (χ4v) is 1.95. The molecular formula is C16H16N2O6. The van der Waals surface area contributed by atoms with Crippen LogP contribution in [0.2, 0.25) is 0 Å². The van der Waals surface area contributed by atoms with Gasteiger partial charge in [-0.2, -0.15) is 0 Å². The van der Waals surface area contributed by atoms with Gasteiger partial charge in [0.15, 0.2) is 11.5 Å². The zero-order valence-electron chi connectivity index (χ0n) is 13.1. The number of hydrogen-bond acceptors (Lipinski definition) is 6. The quantitative estimate of drug-likeness (QED) is 0.617. The Morgan fingerprint density at radius 3 is 2.33 bits per heavy atom. The van der Waals surface area contributed by atoms with Crippen molar-refractivity contribution in [2.75, 3.05) is 14.2 Å². The number of rotatable bonds is 7. The van der Waals surface area contributed by atoms with E-state index in [4.69, 9.17) is 14.3 Å². The number of nitro benzene ring substituents is 1. The first-order chi connectivity index (χ1) is 11.5. The molecule has 2 rings (SSSR count). The van der Waals surface area contributed by atoms with E-state index in [9.17, 15) is 14.9 Å². The molecule has 8 heteroatoms. The Morgan fingerprint density at radius 2 is 1.75 bits per heavy atom. The second-order valence-corrected chi connectivity index (χ2v) is 4.71. The van der Waals surface area contributed by atoms with Gasteiger partial charge in [0.05, 0.1) is 25.7 Å². The molecule has 126 valence electrons. The minimum atomic E-state index is -0.532. The highest BCUT2D eigenvalue weighted by molar-refractivity contribution is 5.93. The van der Waals surface area contributed by atoms with Crippen LogP contribution in [0.4, 0.5) is 5.69 Å². The van der Waals surface area contributed by atoms with Gasteiger partial charge in [0.25, 0.3) is 11.6 Å². The van der Waals surface area contributed by atoms with Crippen molar-refractivity contribution in [3.05, 3.63) is 63.7 Å². The van der Waals surface area contributed by atoms with Gasteiger partial charge in [-0.25, -0.2) is 5.48 Å². The normalized spacial score (nSPS) is 10.1. The number of hydroxylamine groups is 1. The molecule has 8 nitrogen and oxygen atoms in total. The third-order valence-corrected chi connectivity index (χ3v) is 3.19. The number of nitro groups is 1. The van der Waals surface area contributed by atoms with E-state index in [1.807, 2.05) is 0 Å². The average Bonchev–Trinajstić information content (AvgIpc) is 2.61. The zero-order chi connectivity index (χ0) is 17.5. The summed E-state index contributed by atoms with van der Waals surface area (Å²) in [5, 5.41) is 10.6. The maximum Gasteiger partial charge on any atom is 0.274 e. The third-order valence-electron chi connectivity index (χ3n) is 3.19. The Morgan fingerprint density at radius 1 is 1.08 bits per heavy atom. The Labute approximate surface area is 138 Å². The fourth-order valence-electron chi connectivity index (χ4n) is 1.95. The summed E-state index contributed by atoms with van der Waals surface area (Å²) < 4.78 is 10.3. The van der Waals surface area contributed by atoms with Crippen molar-refractivity contribution in [2.24, 2.45) is 0 Å². The number of carbonyl (C=O) groups excluding carboxylic acids is 1. The number of carbonyl (C=O) groups is 1. The second-order valence-electron chi connectivity index (χ2n) is 4.71. The van der Waals surface area contributed by atoms with E-state index in [1.54, 1.807) is 25.3 Å². The third kappa shape index (κ3) is 4.20. The topological polar surface area (TPSA) is 99.9 Å². The van der Waals surface area contributed by atoms with Gasteiger partial charge in [-0.05, 0) is 29.8 Å². The van der Waals surface area contributed by atoms with E-state index in [0.717, 1.165) is 5.56 Å². The number of amides is 1. The number of nitrogens with one attached hydrogen (secondary N) is 1.